The van der Waals surface area contributed by atoms with Crippen molar-refractivity contribution in [1.82, 2.24) is 25.6 Å². The Morgan fingerprint density at radius 2 is 2.17 bits per heavy atom. The molecule has 0 aliphatic rings. The van der Waals surface area contributed by atoms with Crippen molar-refractivity contribution < 1.29 is 0 Å². The van der Waals surface area contributed by atoms with Gasteiger partial charge in [0.05, 0.1) is 11.9 Å². The van der Waals surface area contributed by atoms with Crippen molar-refractivity contribution in [2.45, 2.75) is 19.8 Å². The lowest BCUT2D eigenvalue weighted by molar-refractivity contribution is 0.794. The second-order valence-electron chi connectivity index (χ2n) is 2.94. The second-order valence-corrected chi connectivity index (χ2v) is 2.94. The van der Waals surface area contributed by atoms with Crippen LogP contribution in [0.5, 0.6) is 0 Å². The molecule has 5 nitrogen and oxygen atoms in total. The van der Waals surface area contributed by atoms with Crippen molar-refractivity contribution in [1.29, 1.82) is 0 Å². The van der Waals surface area contributed by atoms with E-state index in [1.165, 1.54) is 0 Å². The van der Waals surface area contributed by atoms with Gasteiger partial charge in [-0.1, -0.05) is 13.8 Å². The lowest BCUT2D eigenvalue weighted by Gasteiger charge is -2.00. The highest BCUT2D eigenvalue weighted by Gasteiger charge is 2.09. The average Bonchev–Trinajstić information content (AvgIpc) is 2.49. The molecular weight excluding hydrogens is 154 g/mol. The van der Waals surface area contributed by atoms with Gasteiger partial charge in [-0.3, -0.25) is 0 Å². The van der Waals surface area contributed by atoms with E-state index >= 15 is 0 Å². The van der Waals surface area contributed by atoms with Crippen LogP contribution in [0.1, 0.15) is 25.5 Å². The molecule has 0 saturated carbocycles. The zero-order chi connectivity index (χ0) is 8.55. The first-order chi connectivity index (χ1) is 5.79. The highest BCUT2D eigenvalue weighted by atomic mass is 15.3. The van der Waals surface area contributed by atoms with E-state index in [0.29, 0.717) is 5.92 Å². The Hall–Kier alpha value is -1.52. The van der Waals surface area contributed by atoms with Crippen molar-refractivity contribution in [2.75, 3.05) is 0 Å². The number of hydrogen-bond donors (Lipinski definition) is 1. The van der Waals surface area contributed by atoms with Gasteiger partial charge in [0.25, 0.3) is 0 Å². The van der Waals surface area contributed by atoms with Crippen LogP contribution in [0.4, 0.5) is 0 Å². The van der Waals surface area contributed by atoms with E-state index in [4.69, 9.17) is 0 Å². The number of rotatable bonds is 1. The van der Waals surface area contributed by atoms with Gasteiger partial charge in [-0.2, -0.15) is 25.6 Å². The van der Waals surface area contributed by atoms with Crippen LogP contribution < -0.4 is 0 Å². The molecule has 62 valence electrons. The van der Waals surface area contributed by atoms with E-state index in [2.05, 4.69) is 39.5 Å². The number of H-pyrrole nitrogens is 1. The Labute approximate surface area is 69.2 Å². The van der Waals surface area contributed by atoms with E-state index in [9.17, 15) is 0 Å². The minimum atomic E-state index is 0.325. The van der Waals surface area contributed by atoms with Crippen molar-refractivity contribution in [3.05, 3.63) is 11.9 Å². The van der Waals surface area contributed by atoms with E-state index in [1.807, 2.05) is 0 Å². The van der Waals surface area contributed by atoms with E-state index < -0.39 is 0 Å². The van der Waals surface area contributed by atoms with Crippen LogP contribution >= 0.6 is 0 Å². The SMILES string of the molecule is CC(C)c1nncc2n[nH]nc12. The maximum absolute atomic E-state index is 4.01. The van der Waals surface area contributed by atoms with Crippen LogP contribution in [0.3, 0.4) is 0 Å². The number of fused-ring (bicyclic) bond motifs is 1. The van der Waals surface area contributed by atoms with Crippen LogP contribution in [0.2, 0.25) is 0 Å². The third-order valence-corrected chi connectivity index (χ3v) is 1.71. The molecule has 5 heteroatoms. The fourth-order valence-electron chi connectivity index (χ4n) is 1.10. The van der Waals surface area contributed by atoms with E-state index in [0.717, 1.165) is 16.7 Å². The predicted octanol–water partition coefficient (Wildman–Crippen LogP) is 0.871. The van der Waals surface area contributed by atoms with Gasteiger partial charge in [-0.05, 0) is 5.92 Å². The topological polar surface area (TPSA) is 67.3 Å². The molecule has 1 N–H and O–H groups in total. The smallest absolute Gasteiger partial charge is 0.138 e. The fourth-order valence-corrected chi connectivity index (χ4v) is 1.10. The van der Waals surface area contributed by atoms with Gasteiger partial charge in [0, 0.05) is 0 Å². The summed E-state index contributed by atoms with van der Waals surface area (Å²) in [5, 5.41) is 18.3. The highest BCUT2D eigenvalue weighted by molar-refractivity contribution is 5.74. The largest absolute Gasteiger partial charge is 0.197 e. The Morgan fingerprint density at radius 1 is 1.33 bits per heavy atom. The quantitative estimate of drug-likeness (QED) is 0.677. The summed E-state index contributed by atoms with van der Waals surface area (Å²) in [6.07, 6.45) is 1.60. The van der Waals surface area contributed by atoms with Crippen LogP contribution in [0.25, 0.3) is 11.0 Å². The van der Waals surface area contributed by atoms with Crippen molar-refractivity contribution >= 4 is 11.0 Å². The fraction of sp³-hybridized carbons (Fsp3) is 0.429. The van der Waals surface area contributed by atoms with Gasteiger partial charge in [0.1, 0.15) is 11.0 Å². The lowest BCUT2D eigenvalue weighted by atomic mass is 10.1. The van der Waals surface area contributed by atoms with Crippen LogP contribution in [-0.4, -0.2) is 25.6 Å². The zero-order valence-corrected chi connectivity index (χ0v) is 6.94. The molecule has 0 saturated heterocycles. The maximum atomic E-state index is 4.01. The molecule has 0 aromatic carbocycles. The Kier molecular flexibility index (Phi) is 1.49. The molecule has 0 unspecified atom stereocenters. The lowest BCUT2D eigenvalue weighted by Crippen LogP contribution is -1.95. The first kappa shape index (κ1) is 7.15. The Morgan fingerprint density at radius 3 is 2.92 bits per heavy atom. The summed E-state index contributed by atoms with van der Waals surface area (Å²) in [5.41, 5.74) is 2.48. The molecule has 0 amide bonds. The number of nitrogens with one attached hydrogen (secondary N) is 1. The van der Waals surface area contributed by atoms with E-state index in [1.54, 1.807) is 6.20 Å². The number of hydrogen-bond acceptors (Lipinski definition) is 4. The normalized spacial score (nSPS) is 11.2. The predicted molar refractivity (Wildman–Crippen MR) is 43.6 cm³/mol. The summed E-state index contributed by atoms with van der Waals surface area (Å²) >= 11 is 0. The molecule has 2 heterocycles. The number of aromatic nitrogens is 5. The zero-order valence-electron chi connectivity index (χ0n) is 6.94. The van der Waals surface area contributed by atoms with Crippen LogP contribution in [0, 0.1) is 0 Å². The molecule has 0 atom stereocenters. The summed E-state index contributed by atoms with van der Waals surface area (Å²) in [6, 6.07) is 0. The third kappa shape index (κ3) is 0.939. The summed E-state index contributed by atoms with van der Waals surface area (Å²) in [4.78, 5) is 0. The standard InChI is InChI=1S/C7H9N5/c1-4(2)6-7-5(3-8-10-6)9-12-11-7/h3-4H,1-2H3,(H,9,11,12). The molecule has 2 aromatic heterocycles. The van der Waals surface area contributed by atoms with Crippen molar-refractivity contribution in [2.24, 2.45) is 0 Å². The molecule has 0 aliphatic carbocycles. The van der Waals surface area contributed by atoms with Gasteiger partial charge in [-0.25, -0.2) is 0 Å². The monoisotopic (exact) mass is 163 g/mol. The van der Waals surface area contributed by atoms with Crippen LogP contribution in [-0.2, 0) is 0 Å². The summed E-state index contributed by atoms with van der Waals surface area (Å²) in [6.45, 7) is 4.11. The molecule has 0 spiro atoms. The first-order valence-electron chi connectivity index (χ1n) is 3.81. The second kappa shape index (κ2) is 2.51. The summed E-state index contributed by atoms with van der Waals surface area (Å²) in [5.74, 6) is 0.325. The molecule has 0 aliphatic heterocycles. The van der Waals surface area contributed by atoms with Gasteiger partial charge in [0.15, 0.2) is 0 Å². The first-order valence-corrected chi connectivity index (χ1v) is 3.81. The molecule has 2 rings (SSSR count). The van der Waals surface area contributed by atoms with Gasteiger partial charge in [-0.15, -0.1) is 0 Å². The Bertz CT molecular complexity index is 391. The summed E-state index contributed by atoms with van der Waals surface area (Å²) < 4.78 is 0. The van der Waals surface area contributed by atoms with E-state index in [-0.39, 0.29) is 0 Å². The molecule has 0 bridgehead atoms. The molecule has 0 fully saturated rings. The molecule has 0 radical (unpaired) electrons. The molecular formula is C7H9N5. The van der Waals surface area contributed by atoms with Gasteiger partial charge < -0.3 is 0 Å². The average molecular weight is 163 g/mol. The van der Waals surface area contributed by atoms with Crippen LogP contribution in [0.15, 0.2) is 6.20 Å². The summed E-state index contributed by atoms with van der Waals surface area (Å²) in [7, 11) is 0. The third-order valence-electron chi connectivity index (χ3n) is 1.71. The molecule has 12 heavy (non-hydrogen) atoms. The van der Waals surface area contributed by atoms with Crippen molar-refractivity contribution in [3.63, 3.8) is 0 Å². The van der Waals surface area contributed by atoms with Crippen molar-refractivity contribution in [3.8, 4) is 0 Å². The Balaban J connectivity index is 2.73. The molecule has 2 aromatic rings. The van der Waals surface area contributed by atoms with Gasteiger partial charge in [0.2, 0.25) is 0 Å². The minimum Gasteiger partial charge on any atom is -0.197 e. The number of aromatic amines is 1. The maximum Gasteiger partial charge on any atom is 0.138 e. The highest BCUT2D eigenvalue weighted by Crippen LogP contribution is 2.17. The number of nitrogens with zero attached hydrogens (tertiary/aromatic N) is 4. The minimum absolute atomic E-state index is 0.325. The van der Waals surface area contributed by atoms with Gasteiger partial charge >= 0.3 is 0 Å².